The zero-order chi connectivity index (χ0) is 20.1. The maximum atomic E-state index is 9.91. The highest BCUT2D eigenvalue weighted by atomic mass is 32.2. The molecule has 0 aliphatic heterocycles. The molecule has 146 valence electrons. The molecule has 8 heteroatoms. The minimum absolute atomic E-state index is 0.612. The number of hydrogen-bond acceptors (Lipinski definition) is 7. The molecule has 0 atom stereocenters. The van der Waals surface area contributed by atoms with Crippen molar-refractivity contribution in [3.63, 3.8) is 0 Å². The Morgan fingerprint density at radius 2 is 2.11 bits per heavy atom. The normalized spacial score (nSPS) is 11.0. The third kappa shape index (κ3) is 4.59. The monoisotopic (exact) mass is 429 g/mol. The van der Waals surface area contributed by atoms with E-state index in [-0.39, 0.29) is 0 Å². The topological polar surface area (TPSA) is 67.4 Å². The van der Waals surface area contributed by atoms with Gasteiger partial charge in [-0.2, -0.15) is 17.0 Å². The van der Waals surface area contributed by atoms with Gasteiger partial charge < -0.3 is 4.57 Å². The molecule has 3 aromatic heterocycles. The summed E-state index contributed by atoms with van der Waals surface area (Å²) in [5.41, 5.74) is 4.19. The third-order valence-electron chi connectivity index (χ3n) is 4.35. The van der Waals surface area contributed by atoms with Crippen LogP contribution in [0.25, 0.3) is 22.0 Å². The standard InChI is InChI=1S/C20H23N5S3/c1-5-6-7-26-12-28-19-16(9-21)15(18-10-22-14(3)25(18)4)8-17(24-19)20-23-13(2)11-27-20/h8,10-11H,5-7,12H2,1-4H3. The summed E-state index contributed by atoms with van der Waals surface area (Å²) in [6, 6.07) is 4.36. The van der Waals surface area contributed by atoms with Gasteiger partial charge in [-0.15, -0.1) is 11.3 Å². The van der Waals surface area contributed by atoms with Crippen molar-refractivity contribution in [2.45, 2.75) is 38.6 Å². The largest absolute Gasteiger partial charge is 0.331 e. The first-order chi connectivity index (χ1) is 13.5. The second kappa shape index (κ2) is 9.59. The smallest absolute Gasteiger partial charge is 0.142 e. The average molecular weight is 430 g/mol. The van der Waals surface area contributed by atoms with Gasteiger partial charge in [0.25, 0.3) is 0 Å². The predicted octanol–water partition coefficient (Wildman–Crippen LogP) is 5.68. The first kappa shape index (κ1) is 20.9. The Hall–Kier alpha value is -1.82. The van der Waals surface area contributed by atoms with Crippen LogP contribution < -0.4 is 0 Å². The highest BCUT2D eigenvalue weighted by molar-refractivity contribution is 8.15. The summed E-state index contributed by atoms with van der Waals surface area (Å²) in [6.45, 7) is 6.14. The second-order valence-electron chi connectivity index (χ2n) is 6.41. The zero-order valence-corrected chi connectivity index (χ0v) is 19.0. The Morgan fingerprint density at radius 3 is 2.71 bits per heavy atom. The Labute approximate surface area is 178 Å². The van der Waals surface area contributed by atoms with E-state index < -0.39 is 0 Å². The first-order valence-electron chi connectivity index (χ1n) is 9.12. The Balaban J connectivity index is 2.05. The summed E-state index contributed by atoms with van der Waals surface area (Å²) in [6.07, 6.45) is 4.23. The molecule has 0 fully saturated rings. The number of aromatic nitrogens is 4. The van der Waals surface area contributed by atoms with Crippen molar-refractivity contribution in [2.24, 2.45) is 7.05 Å². The van der Waals surface area contributed by atoms with Gasteiger partial charge in [-0.25, -0.2) is 15.0 Å². The van der Waals surface area contributed by atoms with Crippen molar-refractivity contribution in [2.75, 3.05) is 10.8 Å². The van der Waals surface area contributed by atoms with Gasteiger partial charge in [-0.3, -0.25) is 0 Å². The lowest BCUT2D eigenvalue weighted by atomic mass is 10.1. The fourth-order valence-electron chi connectivity index (χ4n) is 2.67. The summed E-state index contributed by atoms with van der Waals surface area (Å²) < 4.78 is 2.01. The van der Waals surface area contributed by atoms with Gasteiger partial charge in [-0.1, -0.05) is 25.1 Å². The maximum Gasteiger partial charge on any atom is 0.142 e. The van der Waals surface area contributed by atoms with Crippen LogP contribution in [0.5, 0.6) is 0 Å². The van der Waals surface area contributed by atoms with Gasteiger partial charge >= 0.3 is 0 Å². The highest BCUT2D eigenvalue weighted by Gasteiger charge is 2.19. The molecule has 0 aliphatic carbocycles. The minimum Gasteiger partial charge on any atom is -0.331 e. The first-order valence-corrected chi connectivity index (χ1v) is 12.1. The number of rotatable bonds is 8. The lowest BCUT2D eigenvalue weighted by molar-refractivity contribution is 0.863. The van der Waals surface area contributed by atoms with Crippen LogP contribution in [0.1, 0.15) is 36.8 Å². The average Bonchev–Trinajstić information content (AvgIpc) is 3.27. The van der Waals surface area contributed by atoms with Gasteiger partial charge in [0, 0.05) is 28.8 Å². The molecule has 3 aromatic rings. The summed E-state index contributed by atoms with van der Waals surface area (Å²) in [4.78, 5) is 13.8. The van der Waals surface area contributed by atoms with Gasteiger partial charge in [-0.05, 0) is 32.1 Å². The van der Waals surface area contributed by atoms with E-state index in [1.54, 1.807) is 23.1 Å². The summed E-state index contributed by atoms with van der Waals surface area (Å²) in [5.74, 6) is 2.04. The molecule has 0 N–H and O–H groups in total. The van der Waals surface area contributed by atoms with Gasteiger partial charge in [0.1, 0.15) is 27.6 Å². The minimum atomic E-state index is 0.612. The fraction of sp³-hybridized carbons (Fsp3) is 0.400. The molecule has 0 amide bonds. The van der Waals surface area contributed by atoms with Gasteiger partial charge in [0.05, 0.1) is 17.5 Å². The number of nitriles is 1. The predicted molar refractivity (Wildman–Crippen MR) is 120 cm³/mol. The third-order valence-corrected chi connectivity index (χ3v) is 7.62. The lowest BCUT2D eigenvalue weighted by Crippen LogP contribution is -2.00. The highest BCUT2D eigenvalue weighted by Crippen LogP contribution is 2.36. The van der Waals surface area contributed by atoms with E-state index in [1.165, 1.54) is 12.8 Å². The quantitative estimate of drug-likeness (QED) is 0.261. The van der Waals surface area contributed by atoms with Crippen molar-refractivity contribution in [1.29, 1.82) is 5.26 Å². The van der Waals surface area contributed by atoms with Crippen LogP contribution >= 0.6 is 34.9 Å². The molecule has 28 heavy (non-hydrogen) atoms. The molecular weight excluding hydrogens is 406 g/mol. The van der Waals surface area contributed by atoms with E-state index in [0.29, 0.717) is 5.56 Å². The molecule has 0 aromatic carbocycles. The maximum absolute atomic E-state index is 9.91. The van der Waals surface area contributed by atoms with Crippen LogP contribution in [0, 0.1) is 25.2 Å². The molecule has 5 nitrogen and oxygen atoms in total. The number of hydrogen-bond donors (Lipinski definition) is 0. The molecule has 3 heterocycles. The summed E-state index contributed by atoms with van der Waals surface area (Å²) >= 11 is 5.10. The van der Waals surface area contributed by atoms with E-state index in [9.17, 15) is 5.26 Å². The van der Waals surface area contributed by atoms with Crippen LogP contribution in [-0.4, -0.2) is 30.4 Å². The van der Waals surface area contributed by atoms with Crippen molar-refractivity contribution >= 4 is 34.9 Å². The molecular formula is C20H23N5S3. The fourth-order valence-corrected chi connectivity index (χ4v) is 5.64. The number of thiazole rings is 1. The van der Waals surface area contributed by atoms with Gasteiger partial charge in [0.15, 0.2) is 0 Å². The van der Waals surface area contributed by atoms with Crippen molar-refractivity contribution in [1.82, 2.24) is 19.5 Å². The van der Waals surface area contributed by atoms with E-state index in [0.717, 1.165) is 49.3 Å². The van der Waals surface area contributed by atoms with Crippen molar-refractivity contribution in [3.8, 4) is 28.0 Å². The molecule has 0 radical (unpaired) electrons. The number of pyridine rings is 1. The Kier molecular flexibility index (Phi) is 7.16. The molecule has 0 aliphatic rings. The van der Waals surface area contributed by atoms with Crippen LogP contribution in [0.15, 0.2) is 22.7 Å². The SMILES string of the molecule is CCCCSCSc1nc(-c2nc(C)cs2)cc(-c2cnc(C)n2C)c1C#N. The van der Waals surface area contributed by atoms with Gasteiger partial charge in [0.2, 0.25) is 0 Å². The molecule has 0 spiro atoms. The van der Waals surface area contributed by atoms with E-state index in [1.807, 2.05) is 54.9 Å². The molecule has 0 saturated carbocycles. The zero-order valence-electron chi connectivity index (χ0n) is 16.5. The molecule has 0 unspecified atom stereocenters. The Morgan fingerprint density at radius 1 is 1.29 bits per heavy atom. The van der Waals surface area contributed by atoms with Crippen LogP contribution in [0.4, 0.5) is 0 Å². The van der Waals surface area contributed by atoms with Crippen LogP contribution in [0.3, 0.4) is 0 Å². The Bertz CT molecular complexity index is 1000. The summed E-state index contributed by atoms with van der Waals surface area (Å²) in [5, 5.41) is 14.5. The molecule has 0 bridgehead atoms. The van der Waals surface area contributed by atoms with E-state index in [2.05, 4.69) is 23.0 Å². The van der Waals surface area contributed by atoms with Crippen molar-refractivity contribution in [3.05, 3.63) is 34.7 Å². The second-order valence-corrected chi connectivity index (χ2v) is 9.71. The van der Waals surface area contributed by atoms with Crippen LogP contribution in [-0.2, 0) is 7.05 Å². The number of unbranched alkanes of at least 4 members (excludes halogenated alkanes) is 1. The van der Waals surface area contributed by atoms with E-state index in [4.69, 9.17) is 4.98 Å². The molecule has 3 rings (SSSR count). The molecule has 0 saturated heterocycles. The summed E-state index contributed by atoms with van der Waals surface area (Å²) in [7, 11) is 1.97. The number of nitrogens with zero attached hydrogens (tertiary/aromatic N) is 5. The number of aryl methyl sites for hydroxylation is 2. The number of imidazole rings is 1. The lowest BCUT2D eigenvalue weighted by Gasteiger charge is -2.12. The van der Waals surface area contributed by atoms with E-state index >= 15 is 0 Å². The van der Waals surface area contributed by atoms with Crippen LogP contribution in [0.2, 0.25) is 0 Å². The van der Waals surface area contributed by atoms with Crippen molar-refractivity contribution < 1.29 is 0 Å². The number of thioether (sulfide) groups is 2.